The molecule has 0 atom stereocenters. The topological polar surface area (TPSA) is 94.4 Å². The van der Waals surface area contributed by atoms with Gasteiger partial charge in [-0.05, 0) is 40.2 Å². The van der Waals surface area contributed by atoms with Crippen molar-refractivity contribution in [1.82, 2.24) is 4.98 Å². The Bertz CT molecular complexity index is 770. The lowest BCUT2D eigenvalue weighted by molar-refractivity contribution is -0.390. The van der Waals surface area contributed by atoms with Crippen molar-refractivity contribution in [2.45, 2.75) is 6.92 Å². The molecular weight excluding hydrogens is 373 g/mol. The third-order valence-corrected chi connectivity index (χ3v) is 3.21. The first-order valence-electron chi connectivity index (χ1n) is 6.36. The summed E-state index contributed by atoms with van der Waals surface area (Å²) in [6.45, 7) is 1.08. The van der Waals surface area contributed by atoms with E-state index in [0.29, 0.717) is 10.2 Å². The number of nitrogens with one attached hydrogen (secondary N) is 1. The monoisotopic (exact) mass is 383 g/mol. The first-order valence-corrected chi connectivity index (χ1v) is 7.16. The average molecular weight is 384 g/mol. The zero-order chi connectivity index (χ0) is 17.0. The van der Waals surface area contributed by atoms with E-state index in [4.69, 9.17) is 4.74 Å². The van der Waals surface area contributed by atoms with Gasteiger partial charge in [0, 0.05) is 11.4 Å². The molecule has 1 aromatic carbocycles. The molecule has 2 rings (SSSR count). The molecule has 1 aromatic heterocycles. The number of carbonyl (C=O) groups is 1. The summed E-state index contributed by atoms with van der Waals surface area (Å²) in [5.41, 5.74) is 0.434. The van der Waals surface area contributed by atoms with Crippen LogP contribution < -0.4 is 10.1 Å². The maximum absolute atomic E-state index is 13.6. The van der Waals surface area contributed by atoms with Gasteiger partial charge >= 0.3 is 5.82 Å². The van der Waals surface area contributed by atoms with Crippen LogP contribution in [0.15, 0.2) is 34.8 Å². The van der Waals surface area contributed by atoms with Crippen LogP contribution in [0.1, 0.15) is 5.69 Å². The van der Waals surface area contributed by atoms with Crippen molar-refractivity contribution >= 4 is 33.3 Å². The number of aryl methyl sites for hydroxylation is 1. The number of nitrogens with zero attached hydrogens (tertiary/aromatic N) is 2. The minimum Gasteiger partial charge on any atom is -0.476 e. The number of pyridine rings is 1. The number of anilines is 1. The van der Waals surface area contributed by atoms with Gasteiger partial charge in [-0.15, -0.1) is 0 Å². The van der Waals surface area contributed by atoms with E-state index in [1.807, 2.05) is 0 Å². The molecule has 0 aliphatic carbocycles. The quantitative estimate of drug-likeness (QED) is 0.631. The fraction of sp³-hybridized carbons (Fsp3) is 0.143. The molecule has 9 heteroatoms. The van der Waals surface area contributed by atoms with Gasteiger partial charge in [0.1, 0.15) is 11.5 Å². The maximum Gasteiger partial charge on any atom is 0.406 e. The summed E-state index contributed by atoms with van der Waals surface area (Å²) < 4.78 is 19.2. The van der Waals surface area contributed by atoms with E-state index in [1.165, 1.54) is 24.3 Å². The first kappa shape index (κ1) is 16.8. The van der Waals surface area contributed by atoms with E-state index < -0.39 is 29.1 Å². The molecule has 1 amide bonds. The van der Waals surface area contributed by atoms with Gasteiger partial charge in [-0.3, -0.25) is 4.79 Å². The first-order chi connectivity index (χ1) is 10.9. The number of carbonyl (C=O) groups excluding carboxylic acids is 1. The number of nitro groups is 1. The summed E-state index contributed by atoms with van der Waals surface area (Å²) in [5.74, 6) is -1.88. The molecule has 0 bridgehead atoms. The van der Waals surface area contributed by atoms with Crippen molar-refractivity contribution in [1.29, 1.82) is 0 Å². The van der Waals surface area contributed by atoms with Gasteiger partial charge in [0.05, 0.1) is 5.69 Å². The number of hydrogen-bond donors (Lipinski definition) is 1. The van der Waals surface area contributed by atoms with Crippen LogP contribution in [-0.4, -0.2) is 22.4 Å². The standard InChI is InChI=1S/C14H11BrFN3O4/c1-8-2-5-12(14(17-8)19(21)22)23-7-13(20)18-11-4-3-9(15)6-10(11)16/h2-6H,7H2,1H3,(H,18,20). The highest BCUT2D eigenvalue weighted by molar-refractivity contribution is 9.10. The van der Waals surface area contributed by atoms with Crippen LogP contribution in [0.25, 0.3) is 0 Å². The smallest absolute Gasteiger partial charge is 0.406 e. The van der Waals surface area contributed by atoms with Crippen LogP contribution in [0.4, 0.5) is 15.9 Å². The Kier molecular flexibility index (Phi) is 5.22. The number of aromatic nitrogens is 1. The van der Waals surface area contributed by atoms with Crippen molar-refractivity contribution in [3.05, 3.63) is 56.4 Å². The number of rotatable bonds is 5. The number of amides is 1. The van der Waals surface area contributed by atoms with E-state index in [2.05, 4.69) is 26.2 Å². The Balaban J connectivity index is 2.03. The van der Waals surface area contributed by atoms with Crippen LogP contribution >= 0.6 is 15.9 Å². The largest absolute Gasteiger partial charge is 0.476 e. The van der Waals surface area contributed by atoms with Crippen molar-refractivity contribution in [3.63, 3.8) is 0 Å². The van der Waals surface area contributed by atoms with Gasteiger partial charge in [-0.25, -0.2) is 4.39 Å². The number of ether oxygens (including phenoxy) is 1. The van der Waals surface area contributed by atoms with Crippen LogP contribution in [0.3, 0.4) is 0 Å². The summed E-state index contributed by atoms with van der Waals surface area (Å²) in [5, 5.41) is 13.2. The van der Waals surface area contributed by atoms with Gasteiger partial charge in [0.15, 0.2) is 6.61 Å². The molecule has 0 aliphatic rings. The second kappa shape index (κ2) is 7.14. The molecule has 7 nitrogen and oxygen atoms in total. The zero-order valence-corrected chi connectivity index (χ0v) is 13.5. The third kappa shape index (κ3) is 4.46. The third-order valence-electron chi connectivity index (χ3n) is 2.72. The second-order valence-corrected chi connectivity index (χ2v) is 5.41. The molecule has 0 radical (unpaired) electrons. The Morgan fingerprint density at radius 1 is 1.43 bits per heavy atom. The highest BCUT2D eigenvalue weighted by Crippen LogP contribution is 2.24. The summed E-state index contributed by atoms with van der Waals surface area (Å²) in [6, 6.07) is 7.02. The minimum absolute atomic E-state index is 0.0154. The lowest BCUT2D eigenvalue weighted by Gasteiger charge is -2.08. The molecular formula is C14H11BrFN3O4. The normalized spacial score (nSPS) is 10.2. The van der Waals surface area contributed by atoms with Gasteiger partial charge in [0.2, 0.25) is 5.75 Å². The predicted molar refractivity (Wildman–Crippen MR) is 83.9 cm³/mol. The van der Waals surface area contributed by atoms with Gasteiger partial charge in [-0.1, -0.05) is 15.9 Å². The number of halogens is 2. The summed E-state index contributed by atoms with van der Waals surface area (Å²) in [6.07, 6.45) is 0. The fourth-order valence-corrected chi connectivity index (χ4v) is 2.03. The molecule has 0 saturated heterocycles. The van der Waals surface area contributed by atoms with Crippen molar-refractivity contribution in [2.24, 2.45) is 0 Å². The molecule has 0 unspecified atom stereocenters. The Morgan fingerprint density at radius 2 is 2.17 bits per heavy atom. The van der Waals surface area contributed by atoms with Gasteiger partial charge in [0.25, 0.3) is 5.91 Å². The van der Waals surface area contributed by atoms with Crippen LogP contribution in [0.5, 0.6) is 5.75 Å². The fourth-order valence-electron chi connectivity index (χ4n) is 1.69. The van der Waals surface area contributed by atoms with E-state index in [0.717, 1.165) is 0 Å². The highest BCUT2D eigenvalue weighted by Gasteiger charge is 2.18. The predicted octanol–water partition coefficient (Wildman–Crippen LogP) is 3.22. The van der Waals surface area contributed by atoms with Gasteiger partial charge < -0.3 is 20.2 Å². The summed E-state index contributed by atoms with van der Waals surface area (Å²) >= 11 is 3.10. The van der Waals surface area contributed by atoms with Gasteiger partial charge in [-0.2, -0.15) is 0 Å². The Hall–Kier alpha value is -2.55. The molecule has 0 fully saturated rings. The molecule has 2 aromatic rings. The zero-order valence-electron chi connectivity index (χ0n) is 11.9. The molecule has 23 heavy (non-hydrogen) atoms. The Labute approximate surface area is 138 Å². The lowest BCUT2D eigenvalue weighted by Crippen LogP contribution is -2.21. The number of hydrogen-bond acceptors (Lipinski definition) is 5. The molecule has 1 heterocycles. The van der Waals surface area contributed by atoms with Crippen LogP contribution in [0.2, 0.25) is 0 Å². The minimum atomic E-state index is -0.700. The molecule has 1 N–H and O–H groups in total. The van der Waals surface area contributed by atoms with E-state index in [1.54, 1.807) is 13.0 Å². The van der Waals surface area contributed by atoms with E-state index in [-0.39, 0.29) is 11.4 Å². The summed E-state index contributed by atoms with van der Waals surface area (Å²) in [7, 11) is 0. The molecule has 0 spiro atoms. The lowest BCUT2D eigenvalue weighted by atomic mass is 10.3. The Morgan fingerprint density at radius 3 is 2.83 bits per heavy atom. The molecule has 0 aliphatic heterocycles. The number of benzene rings is 1. The van der Waals surface area contributed by atoms with E-state index in [9.17, 15) is 19.3 Å². The molecule has 0 saturated carbocycles. The second-order valence-electron chi connectivity index (χ2n) is 4.49. The maximum atomic E-state index is 13.6. The van der Waals surface area contributed by atoms with Crippen molar-refractivity contribution in [2.75, 3.05) is 11.9 Å². The summed E-state index contributed by atoms with van der Waals surface area (Å²) in [4.78, 5) is 25.7. The van der Waals surface area contributed by atoms with E-state index >= 15 is 0 Å². The van der Waals surface area contributed by atoms with Crippen LogP contribution in [0, 0.1) is 22.9 Å². The van der Waals surface area contributed by atoms with Crippen molar-refractivity contribution < 1.29 is 18.8 Å². The molecule has 120 valence electrons. The van der Waals surface area contributed by atoms with Crippen LogP contribution in [-0.2, 0) is 4.79 Å². The average Bonchev–Trinajstić information content (AvgIpc) is 2.48. The van der Waals surface area contributed by atoms with Crippen molar-refractivity contribution in [3.8, 4) is 5.75 Å². The highest BCUT2D eigenvalue weighted by atomic mass is 79.9. The SMILES string of the molecule is Cc1ccc(OCC(=O)Nc2ccc(Br)cc2F)c([N+](=O)[O-])n1.